The molecular formula is C20H22BrN3O2S. The van der Waals surface area contributed by atoms with Gasteiger partial charge >= 0.3 is 0 Å². The number of nitrogens with one attached hydrogen (secondary N) is 1. The Kier molecular flexibility index (Phi) is 4.47. The van der Waals surface area contributed by atoms with Crippen molar-refractivity contribution in [2.24, 2.45) is 23.2 Å². The molecule has 4 aliphatic rings. The Hall–Kier alpha value is -1.47. The van der Waals surface area contributed by atoms with E-state index in [1.54, 1.807) is 0 Å². The number of anilines is 1. The third-order valence-corrected chi connectivity index (χ3v) is 7.72. The molecule has 2 aromatic rings. The van der Waals surface area contributed by atoms with Crippen molar-refractivity contribution in [2.45, 2.75) is 45.1 Å². The number of carbonyl (C=O) groups excluding carboxylic acids is 1. The Balaban J connectivity index is 1.22. The van der Waals surface area contributed by atoms with E-state index in [1.807, 2.05) is 24.3 Å². The van der Waals surface area contributed by atoms with Gasteiger partial charge in [-0.25, -0.2) is 0 Å². The average Bonchev–Trinajstić information content (AvgIpc) is 3.07. The Morgan fingerprint density at radius 1 is 1.11 bits per heavy atom. The van der Waals surface area contributed by atoms with Crippen LogP contribution in [-0.4, -0.2) is 16.1 Å². The molecule has 5 nitrogen and oxygen atoms in total. The van der Waals surface area contributed by atoms with Gasteiger partial charge in [-0.15, -0.1) is 10.2 Å². The van der Waals surface area contributed by atoms with Crippen LogP contribution in [0.15, 0.2) is 28.7 Å². The highest BCUT2D eigenvalue weighted by molar-refractivity contribution is 9.10. The lowest BCUT2D eigenvalue weighted by Crippen LogP contribution is -2.51. The van der Waals surface area contributed by atoms with Gasteiger partial charge in [0, 0.05) is 4.47 Å². The van der Waals surface area contributed by atoms with Crippen molar-refractivity contribution in [3.05, 3.63) is 33.7 Å². The molecule has 4 aliphatic carbocycles. The minimum atomic E-state index is -0.158. The van der Waals surface area contributed by atoms with Crippen LogP contribution < -0.4 is 10.1 Å². The quantitative estimate of drug-likeness (QED) is 0.697. The van der Waals surface area contributed by atoms with Gasteiger partial charge in [0.25, 0.3) is 0 Å². The lowest BCUT2D eigenvalue weighted by molar-refractivity contribution is -0.140. The average molecular weight is 448 g/mol. The monoisotopic (exact) mass is 447 g/mol. The zero-order valence-corrected chi connectivity index (χ0v) is 17.4. The fourth-order valence-corrected chi connectivity index (χ4v) is 6.57. The first-order valence-electron chi connectivity index (χ1n) is 9.60. The van der Waals surface area contributed by atoms with Gasteiger partial charge in [-0.05, 0) is 80.5 Å². The Labute approximate surface area is 171 Å². The van der Waals surface area contributed by atoms with Crippen molar-refractivity contribution in [2.75, 3.05) is 5.32 Å². The van der Waals surface area contributed by atoms with Crippen molar-refractivity contribution < 1.29 is 9.53 Å². The molecule has 0 aliphatic heterocycles. The van der Waals surface area contributed by atoms with E-state index in [0.717, 1.165) is 52.2 Å². The zero-order valence-electron chi connectivity index (χ0n) is 15.0. The molecule has 0 spiro atoms. The van der Waals surface area contributed by atoms with Gasteiger partial charge in [0.1, 0.15) is 12.4 Å². The molecule has 1 heterocycles. The van der Waals surface area contributed by atoms with Crippen LogP contribution in [0, 0.1) is 23.2 Å². The number of halogens is 1. The lowest BCUT2D eigenvalue weighted by Gasteiger charge is -2.55. The van der Waals surface area contributed by atoms with Crippen LogP contribution in [0.25, 0.3) is 0 Å². The highest BCUT2D eigenvalue weighted by atomic mass is 79.9. The third kappa shape index (κ3) is 3.51. The molecular weight excluding hydrogens is 426 g/mol. The number of amides is 1. The maximum Gasteiger partial charge on any atom is 0.232 e. The zero-order chi connectivity index (χ0) is 18.4. The van der Waals surface area contributed by atoms with Crippen molar-refractivity contribution in [1.82, 2.24) is 10.2 Å². The summed E-state index contributed by atoms with van der Waals surface area (Å²) >= 11 is 4.81. The highest BCUT2D eigenvalue weighted by Gasteiger charge is 2.54. The molecule has 0 radical (unpaired) electrons. The number of nitrogens with zero attached hydrogens (tertiary/aromatic N) is 2. The van der Waals surface area contributed by atoms with E-state index in [1.165, 1.54) is 30.6 Å². The lowest BCUT2D eigenvalue weighted by atomic mass is 9.49. The van der Waals surface area contributed by atoms with Crippen LogP contribution in [0.1, 0.15) is 43.5 Å². The summed E-state index contributed by atoms with van der Waals surface area (Å²) in [6.07, 6.45) is 7.18. The first kappa shape index (κ1) is 17.6. The van der Waals surface area contributed by atoms with Crippen LogP contribution in [0.4, 0.5) is 5.13 Å². The standard InChI is InChI=1S/C20H22BrN3O2S/c21-15-1-3-16(4-2-15)26-11-17-23-24-19(27-17)22-18(25)20-8-12-5-13(9-20)7-14(6-12)10-20/h1-4,12-14H,5-11H2,(H,22,24,25). The first-order valence-corrected chi connectivity index (χ1v) is 11.2. The van der Waals surface area contributed by atoms with Gasteiger partial charge in [0.05, 0.1) is 5.41 Å². The summed E-state index contributed by atoms with van der Waals surface area (Å²) in [5, 5.41) is 12.7. The smallest absolute Gasteiger partial charge is 0.232 e. The number of carbonyl (C=O) groups is 1. The summed E-state index contributed by atoms with van der Waals surface area (Å²) in [7, 11) is 0. The number of hydrogen-bond donors (Lipinski definition) is 1. The summed E-state index contributed by atoms with van der Waals surface area (Å²) in [6, 6.07) is 7.68. The molecule has 1 N–H and O–H groups in total. The topological polar surface area (TPSA) is 64.1 Å². The van der Waals surface area contributed by atoms with E-state index in [2.05, 4.69) is 31.4 Å². The van der Waals surface area contributed by atoms with Crippen LogP contribution >= 0.6 is 27.3 Å². The molecule has 1 aromatic heterocycles. The molecule has 0 saturated heterocycles. The summed E-state index contributed by atoms with van der Waals surface area (Å²) in [4.78, 5) is 13.1. The number of aromatic nitrogens is 2. The van der Waals surface area contributed by atoms with Crippen molar-refractivity contribution in [3.63, 3.8) is 0 Å². The van der Waals surface area contributed by atoms with Gasteiger partial charge in [-0.1, -0.05) is 27.3 Å². The Morgan fingerprint density at radius 3 is 2.37 bits per heavy atom. The predicted molar refractivity (Wildman–Crippen MR) is 108 cm³/mol. The van der Waals surface area contributed by atoms with Gasteiger partial charge in [-0.2, -0.15) is 0 Å². The maximum absolute atomic E-state index is 13.1. The van der Waals surface area contributed by atoms with Crippen molar-refractivity contribution >= 4 is 38.3 Å². The third-order valence-electron chi connectivity index (χ3n) is 6.38. The molecule has 4 bridgehead atoms. The van der Waals surface area contributed by atoms with E-state index in [9.17, 15) is 4.79 Å². The van der Waals surface area contributed by atoms with Crippen LogP contribution in [0.2, 0.25) is 0 Å². The van der Waals surface area contributed by atoms with E-state index < -0.39 is 0 Å². The second-order valence-corrected chi connectivity index (χ2v) is 10.4. The molecule has 0 unspecified atom stereocenters. The van der Waals surface area contributed by atoms with E-state index >= 15 is 0 Å². The molecule has 0 atom stereocenters. The molecule has 27 heavy (non-hydrogen) atoms. The van der Waals surface area contributed by atoms with Crippen LogP contribution in [0.5, 0.6) is 5.75 Å². The van der Waals surface area contributed by atoms with Crippen molar-refractivity contribution in [3.8, 4) is 5.75 Å². The molecule has 1 aromatic carbocycles. The fraction of sp³-hybridized carbons (Fsp3) is 0.550. The number of benzene rings is 1. The van der Waals surface area contributed by atoms with Crippen molar-refractivity contribution in [1.29, 1.82) is 0 Å². The van der Waals surface area contributed by atoms with Gasteiger partial charge < -0.3 is 10.1 Å². The van der Waals surface area contributed by atoms with Gasteiger partial charge in [-0.3, -0.25) is 4.79 Å². The molecule has 6 rings (SSSR count). The van der Waals surface area contributed by atoms with E-state index in [-0.39, 0.29) is 11.3 Å². The first-order chi connectivity index (χ1) is 13.1. The second kappa shape index (κ2) is 6.85. The minimum Gasteiger partial charge on any atom is -0.486 e. The largest absolute Gasteiger partial charge is 0.486 e. The maximum atomic E-state index is 13.1. The van der Waals surface area contributed by atoms with Crippen LogP contribution in [-0.2, 0) is 11.4 Å². The summed E-state index contributed by atoms with van der Waals surface area (Å²) in [5.41, 5.74) is -0.158. The SMILES string of the molecule is O=C(Nc1nnc(COc2ccc(Br)cc2)s1)C12CC3CC(CC(C3)C1)C2. The summed E-state index contributed by atoms with van der Waals surface area (Å²) in [6.45, 7) is 0.354. The molecule has 7 heteroatoms. The normalized spacial score (nSPS) is 31.1. The van der Waals surface area contributed by atoms with Crippen LogP contribution in [0.3, 0.4) is 0 Å². The van der Waals surface area contributed by atoms with E-state index in [4.69, 9.17) is 4.74 Å². The number of hydrogen-bond acceptors (Lipinski definition) is 5. The highest BCUT2D eigenvalue weighted by Crippen LogP contribution is 2.60. The Bertz CT molecular complexity index is 816. The number of ether oxygens (including phenoxy) is 1. The molecule has 1 amide bonds. The minimum absolute atomic E-state index is 0.158. The Morgan fingerprint density at radius 2 is 1.74 bits per heavy atom. The van der Waals surface area contributed by atoms with E-state index in [0.29, 0.717) is 11.7 Å². The molecule has 4 saturated carbocycles. The molecule has 142 valence electrons. The second-order valence-electron chi connectivity index (χ2n) is 8.40. The molecule has 4 fully saturated rings. The summed E-state index contributed by atoms with van der Waals surface area (Å²) in [5.74, 6) is 3.22. The number of rotatable bonds is 5. The predicted octanol–water partition coefficient (Wildman–Crippen LogP) is 5.03. The van der Waals surface area contributed by atoms with Gasteiger partial charge in [0.2, 0.25) is 11.0 Å². The fourth-order valence-electron chi connectivity index (χ4n) is 5.66. The van der Waals surface area contributed by atoms with Gasteiger partial charge in [0.15, 0.2) is 5.01 Å². The summed E-state index contributed by atoms with van der Waals surface area (Å²) < 4.78 is 6.75.